The van der Waals surface area contributed by atoms with Crippen molar-refractivity contribution in [1.82, 2.24) is 15.6 Å². The molecular weight excluding hydrogens is 374 g/mol. The molecule has 0 bridgehead atoms. The Morgan fingerprint density at radius 1 is 1.10 bits per heavy atom. The van der Waals surface area contributed by atoms with E-state index < -0.39 is 12.2 Å². The zero-order valence-corrected chi connectivity index (χ0v) is 16.0. The van der Waals surface area contributed by atoms with Gasteiger partial charge in [-0.1, -0.05) is 30.3 Å². The zero-order valence-electron chi connectivity index (χ0n) is 16.0. The van der Waals surface area contributed by atoms with Crippen molar-refractivity contribution in [2.75, 3.05) is 6.61 Å². The number of ether oxygens (including phenoxy) is 2. The molecule has 154 valence electrons. The maximum atomic E-state index is 12.3. The molecule has 2 aromatic rings. The summed E-state index contributed by atoms with van der Waals surface area (Å²) >= 11 is 0. The van der Waals surface area contributed by atoms with E-state index in [2.05, 4.69) is 15.6 Å². The monoisotopic (exact) mass is 399 g/mol. The number of hydrogen-bond acceptors (Lipinski definition) is 5. The van der Waals surface area contributed by atoms with Crippen molar-refractivity contribution in [3.05, 3.63) is 60.4 Å². The van der Waals surface area contributed by atoms with E-state index in [1.54, 1.807) is 24.5 Å². The number of carbonyl (C=O) groups is 2. The smallest absolute Gasteiger partial charge is 0.407 e. The van der Waals surface area contributed by atoms with Crippen molar-refractivity contribution >= 4 is 12.2 Å². The highest BCUT2D eigenvalue weighted by atomic mass is 16.5. The first-order valence-electron chi connectivity index (χ1n) is 9.59. The fourth-order valence-corrected chi connectivity index (χ4v) is 3.50. The number of hydrogen-bond donors (Lipinski definition) is 3. The van der Waals surface area contributed by atoms with Gasteiger partial charge >= 0.3 is 12.2 Å². The summed E-state index contributed by atoms with van der Waals surface area (Å²) in [6, 6.07) is 12.7. The van der Waals surface area contributed by atoms with Crippen molar-refractivity contribution in [2.45, 2.75) is 38.0 Å². The largest absolute Gasteiger partial charge is 0.492 e. The first-order chi connectivity index (χ1) is 14.1. The van der Waals surface area contributed by atoms with Crippen LogP contribution in [0.15, 0.2) is 54.9 Å². The molecule has 1 aliphatic carbocycles. The summed E-state index contributed by atoms with van der Waals surface area (Å²) in [6.07, 6.45) is 3.58. The predicted molar refractivity (Wildman–Crippen MR) is 106 cm³/mol. The highest BCUT2D eigenvalue weighted by Crippen LogP contribution is 2.26. The molecule has 8 nitrogen and oxygen atoms in total. The van der Waals surface area contributed by atoms with Crippen LogP contribution >= 0.6 is 0 Å². The molecule has 1 aromatic heterocycles. The molecule has 1 heterocycles. The third kappa shape index (κ3) is 6.67. The second-order valence-corrected chi connectivity index (χ2v) is 7.03. The van der Waals surface area contributed by atoms with Gasteiger partial charge in [-0.05, 0) is 37.0 Å². The number of pyridine rings is 1. The number of carboxylic acid groups (broad SMARTS) is 1. The maximum absolute atomic E-state index is 12.3. The molecule has 2 amide bonds. The van der Waals surface area contributed by atoms with E-state index in [0.717, 1.165) is 5.56 Å². The van der Waals surface area contributed by atoms with Crippen LogP contribution in [0.3, 0.4) is 0 Å². The van der Waals surface area contributed by atoms with E-state index in [0.29, 0.717) is 31.6 Å². The minimum Gasteiger partial charge on any atom is -0.492 e. The molecule has 29 heavy (non-hydrogen) atoms. The Hall–Kier alpha value is -3.29. The molecule has 3 N–H and O–H groups in total. The number of rotatable bonds is 7. The van der Waals surface area contributed by atoms with E-state index in [9.17, 15) is 9.59 Å². The molecule has 1 aliphatic rings. The first-order valence-corrected chi connectivity index (χ1v) is 9.59. The highest BCUT2D eigenvalue weighted by molar-refractivity contribution is 5.67. The number of aromatic nitrogens is 1. The van der Waals surface area contributed by atoms with Crippen LogP contribution in [0.5, 0.6) is 5.75 Å². The SMILES string of the molecule is O=C(O)NC1CC[C@H](NC(=O)OCc2ccccc2)[C@H](COc2cccnc2)C1. The van der Waals surface area contributed by atoms with E-state index in [1.165, 1.54) is 0 Å². The molecule has 1 unspecified atom stereocenters. The number of nitrogens with zero attached hydrogens (tertiary/aromatic N) is 1. The number of amides is 2. The van der Waals surface area contributed by atoms with Gasteiger partial charge in [0.05, 0.1) is 12.8 Å². The molecule has 8 heteroatoms. The van der Waals surface area contributed by atoms with Gasteiger partial charge in [-0.15, -0.1) is 0 Å². The Balaban J connectivity index is 1.56. The zero-order chi connectivity index (χ0) is 20.5. The Kier molecular flexibility index (Phi) is 7.27. The predicted octanol–water partition coefficient (Wildman–Crippen LogP) is 3.19. The molecule has 1 fully saturated rings. The van der Waals surface area contributed by atoms with Crippen molar-refractivity contribution in [1.29, 1.82) is 0 Å². The fraction of sp³-hybridized carbons (Fsp3) is 0.381. The molecule has 1 saturated carbocycles. The van der Waals surface area contributed by atoms with Crippen molar-refractivity contribution in [2.24, 2.45) is 5.92 Å². The first kappa shape index (κ1) is 20.4. The van der Waals surface area contributed by atoms with Crippen LogP contribution in [0, 0.1) is 5.92 Å². The van der Waals surface area contributed by atoms with E-state index in [-0.39, 0.29) is 24.6 Å². The average Bonchev–Trinajstić information content (AvgIpc) is 2.73. The van der Waals surface area contributed by atoms with Gasteiger partial charge in [0.1, 0.15) is 12.4 Å². The topological polar surface area (TPSA) is 110 Å². The third-order valence-corrected chi connectivity index (χ3v) is 4.92. The molecule has 0 radical (unpaired) electrons. The minimum atomic E-state index is -1.05. The quantitative estimate of drug-likeness (QED) is 0.660. The van der Waals surface area contributed by atoms with Crippen LogP contribution in [0.2, 0.25) is 0 Å². The van der Waals surface area contributed by atoms with Gasteiger partial charge in [0.15, 0.2) is 0 Å². The van der Waals surface area contributed by atoms with E-state index in [4.69, 9.17) is 14.6 Å². The molecule has 3 rings (SSSR count). The molecule has 0 aliphatic heterocycles. The Morgan fingerprint density at radius 2 is 1.93 bits per heavy atom. The minimum absolute atomic E-state index is 0.0647. The fourth-order valence-electron chi connectivity index (χ4n) is 3.50. The summed E-state index contributed by atoms with van der Waals surface area (Å²) < 4.78 is 11.1. The van der Waals surface area contributed by atoms with Crippen LogP contribution < -0.4 is 15.4 Å². The summed E-state index contributed by atoms with van der Waals surface area (Å²) in [5, 5.41) is 14.5. The lowest BCUT2D eigenvalue weighted by molar-refractivity contribution is 0.109. The lowest BCUT2D eigenvalue weighted by Crippen LogP contribution is -2.50. The number of carbonyl (C=O) groups excluding carboxylic acids is 1. The van der Waals surface area contributed by atoms with Gasteiger partial charge in [0, 0.05) is 24.2 Å². The summed E-state index contributed by atoms with van der Waals surface area (Å²) in [5.41, 5.74) is 0.911. The third-order valence-electron chi connectivity index (χ3n) is 4.92. The summed E-state index contributed by atoms with van der Waals surface area (Å²) in [5.74, 6) is 0.566. The van der Waals surface area contributed by atoms with E-state index >= 15 is 0 Å². The Morgan fingerprint density at radius 3 is 2.66 bits per heavy atom. The summed E-state index contributed by atoms with van der Waals surface area (Å²) in [4.78, 5) is 27.3. The van der Waals surface area contributed by atoms with Crippen LogP contribution in [0.25, 0.3) is 0 Å². The number of alkyl carbamates (subject to hydrolysis) is 1. The lowest BCUT2D eigenvalue weighted by Gasteiger charge is -2.36. The summed E-state index contributed by atoms with van der Waals surface area (Å²) in [6.45, 7) is 0.534. The maximum Gasteiger partial charge on any atom is 0.407 e. The molecular formula is C21H25N3O5. The van der Waals surface area contributed by atoms with E-state index in [1.807, 2.05) is 30.3 Å². The molecule has 0 spiro atoms. The van der Waals surface area contributed by atoms with Crippen LogP contribution in [0.1, 0.15) is 24.8 Å². The molecule has 3 atom stereocenters. The average molecular weight is 399 g/mol. The number of benzene rings is 1. The molecule has 0 saturated heterocycles. The van der Waals surface area contributed by atoms with Gasteiger partial charge in [-0.2, -0.15) is 0 Å². The number of nitrogens with one attached hydrogen (secondary N) is 2. The van der Waals surface area contributed by atoms with Crippen molar-refractivity contribution in [3.63, 3.8) is 0 Å². The normalized spacial score (nSPS) is 21.0. The highest BCUT2D eigenvalue weighted by Gasteiger charge is 2.33. The standard InChI is InChI=1S/C21H25N3O5/c25-20(26)23-17-8-9-19(16(11-17)14-28-18-7-4-10-22-12-18)24-21(27)29-13-15-5-2-1-3-6-15/h1-7,10,12,16-17,19,23H,8-9,11,13-14H2,(H,24,27)(H,25,26)/t16-,17?,19-/m0/s1. The van der Waals surface area contributed by atoms with Crippen LogP contribution in [-0.4, -0.2) is 41.0 Å². The Bertz CT molecular complexity index is 787. The van der Waals surface area contributed by atoms with Gasteiger partial charge in [0.2, 0.25) is 0 Å². The van der Waals surface area contributed by atoms with Gasteiger partial charge in [-0.25, -0.2) is 9.59 Å². The van der Waals surface area contributed by atoms with Crippen molar-refractivity contribution < 1.29 is 24.2 Å². The van der Waals surface area contributed by atoms with Gasteiger partial charge in [-0.3, -0.25) is 4.98 Å². The van der Waals surface area contributed by atoms with Crippen LogP contribution in [0.4, 0.5) is 9.59 Å². The molecule has 1 aromatic carbocycles. The lowest BCUT2D eigenvalue weighted by atomic mass is 9.82. The summed E-state index contributed by atoms with van der Waals surface area (Å²) in [7, 11) is 0. The Labute approximate surface area is 169 Å². The van der Waals surface area contributed by atoms with Gasteiger partial charge in [0.25, 0.3) is 0 Å². The van der Waals surface area contributed by atoms with Crippen molar-refractivity contribution in [3.8, 4) is 5.75 Å². The second-order valence-electron chi connectivity index (χ2n) is 7.03. The second kappa shape index (κ2) is 10.3. The van der Waals surface area contributed by atoms with Gasteiger partial charge < -0.3 is 25.2 Å². The van der Waals surface area contributed by atoms with Crippen LogP contribution in [-0.2, 0) is 11.3 Å².